The number of benzene rings is 1. The predicted molar refractivity (Wildman–Crippen MR) is 95.6 cm³/mol. The Hall–Kier alpha value is -2.39. The van der Waals surface area contributed by atoms with E-state index >= 15 is 0 Å². The van der Waals surface area contributed by atoms with Gasteiger partial charge in [0, 0.05) is 38.6 Å². The van der Waals surface area contributed by atoms with Crippen LogP contribution in [0.3, 0.4) is 0 Å². The highest BCUT2D eigenvalue weighted by molar-refractivity contribution is 7.88. The van der Waals surface area contributed by atoms with Gasteiger partial charge in [0.1, 0.15) is 5.82 Å². The summed E-state index contributed by atoms with van der Waals surface area (Å²) >= 11 is 0. The van der Waals surface area contributed by atoms with Gasteiger partial charge in [0.25, 0.3) is 0 Å². The lowest BCUT2D eigenvalue weighted by molar-refractivity contribution is 0.240. The molecule has 136 valence electrons. The highest BCUT2D eigenvalue weighted by Crippen LogP contribution is 2.08. The Balaban J connectivity index is 1.78. The number of hydrogen-bond donors (Lipinski definition) is 3. The van der Waals surface area contributed by atoms with Gasteiger partial charge in [-0.15, -0.1) is 0 Å². The van der Waals surface area contributed by atoms with Crippen LogP contribution in [0.5, 0.6) is 0 Å². The Morgan fingerprint density at radius 1 is 1.20 bits per heavy atom. The van der Waals surface area contributed by atoms with Gasteiger partial charge in [0.05, 0.1) is 6.26 Å². The molecule has 8 nitrogen and oxygen atoms in total. The molecule has 0 radical (unpaired) electrons. The Bertz CT molecular complexity index is 817. The third-order valence-electron chi connectivity index (χ3n) is 3.50. The zero-order valence-electron chi connectivity index (χ0n) is 14.3. The number of aromatic nitrogens is 2. The molecular weight excluding hydrogens is 342 g/mol. The first-order chi connectivity index (χ1) is 11.8. The van der Waals surface area contributed by atoms with E-state index in [1.165, 1.54) is 0 Å². The molecule has 0 aliphatic carbocycles. The minimum Gasteiger partial charge on any atom is -0.337 e. The number of carbonyl (C=O) groups excluding carboxylic acids is 1. The van der Waals surface area contributed by atoms with Gasteiger partial charge in [-0.1, -0.05) is 24.3 Å². The van der Waals surface area contributed by atoms with E-state index in [4.69, 9.17) is 0 Å². The second-order valence-electron chi connectivity index (χ2n) is 5.70. The molecule has 0 spiro atoms. The Labute approximate surface area is 147 Å². The van der Waals surface area contributed by atoms with Crippen molar-refractivity contribution in [2.45, 2.75) is 20.0 Å². The van der Waals surface area contributed by atoms with Crippen molar-refractivity contribution in [3.8, 4) is 0 Å². The van der Waals surface area contributed by atoms with Crippen LogP contribution in [-0.4, -0.2) is 43.3 Å². The van der Waals surface area contributed by atoms with Crippen molar-refractivity contribution in [1.29, 1.82) is 0 Å². The number of nitrogens with zero attached hydrogens (tertiary/aromatic N) is 2. The van der Waals surface area contributed by atoms with Gasteiger partial charge in [-0.05, 0) is 18.1 Å². The van der Waals surface area contributed by atoms with Crippen molar-refractivity contribution in [3.63, 3.8) is 0 Å². The monoisotopic (exact) mass is 365 g/mol. The molecule has 2 aromatic rings. The molecule has 0 bridgehead atoms. The van der Waals surface area contributed by atoms with Gasteiger partial charge in [0.15, 0.2) is 0 Å². The second-order valence-corrected chi connectivity index (χ2v) is 7.53. The zero-order valence-corrected chi connectivity index (χ0v) is 15.1. The molecule has 2 amide bonds. The van der Waals surface area contributed by atoms with Gasteiger partial charge >= 0.3 is 6.03 Å². The van der Waals surface area contributed by atoms with Gasteiger partial charge in [-0.3, -0.25) is 0 Å². The molecule has 0 fully saturated rings. The fourth-order valence-corrected chi connectivity index (χ4v) is 2.74. The summed E-state index contributed by atoms with van der Waals surface area (Å²) in [7, 11) is -3.23. The molecule has 0 saturated carbocycles. The first-order valence-corrected chi connectivity index (χ1v) is 9.74. The van der Waals surface area contributed by atoms with Gasteiger partial charge < -0.3 is 15.2 Å². The number of aryl methyl sites for hydroxylation is 1. The molecule has 2 rings (SSSR count). The van der Waals surface area contributed by atoms with Crippen LogP contribution >= 0.6 is 0 Å². The summed E-state index contributed by atoms with van der Waals surface area (Å²) in [5.74, 6) is 0.950. The maximum atomic E-state index is 11.7. The number of hydrogen-bond acceptors (Lipinski definition) is 4. The van der Waals surface area contributed by atoms with E-state index in [0.717, 1.165) is 29.8 Å². The standard InChI is InChI=1S/C16H23N5O3S/c1-13-17-8-9-21(13)12-15-5-3-4-14(10-15)11-19-16(22)18-6-7-20-25(2,23)24/h3-5,8-10,20H,6-7,11-12H2,1-2H3,(H2,18,19,22). The number of urea groups is 1. The third kappa shape index (κ3) is 6.94. The molecule has 1 heterocycles. The van der Waals surface area contributed by atoms with E-state index in [-0.39, 0.29) is 19.1 Å². The van der Waals surface area contributed by atoms with Crippen LogP contribution < -0.4 is 15.4 Å². The van der Waals surface area contributed by atoms with Gasteiger partial charge in [0.2, 0.25) is 10.0 Å². The minimum absolute atomic E-state index is 0.159. The van der Waals surface area contributed by atoms with Crippen molar-refractivity contribution in [2.75, 3.05) is 19.3 Å². The van der Waals surface area contributed by atoms with E-state index < -0.39 is 10.0 Å². The van der Waals surface area contributed by atoms with E-state index in [1.807, 2.05) is 42.0 Å². The van der Waals surface area contributed by atoms with E-state index in [2.05, 4.69) is 20.3 Å². The van der Waals surface area contributed by atoms with Crippen molar-refractivity contribution >= 4 is 16.1 Å². The van der Waals surface area contributed by atoms with Crippen LogP contribution in [0.2, 0.25) is 0 Å². The lowest BCUT2D eigenvalue weighted by Crippen LogP contribution is -2.39. The fourth-order valence-electron chi connectivity index (χ4n) is 2.26. The summed E-state index contributed by atoms with van der Waals surface area (Å²) < 4.78 is 26.2. The summed E-state index contributed by atoms with van der Waals surface area (Å²) in [6.45, 7) is 3.45. The topological polar surface area (TPSA) is 105 Å². The van der Waals surface area contributed by atoms with Gasteiger partial charge in [-0.25, -0.2) is 22.9 Å². The average Bonchev–Trinajstić information content (AvgIpc) is 2.94. The van der Waals surface area contributed by atoms with Crippen molar-refractivity contribution in [3.05, 3.63) is 53.6 Å². The lowest BCUT2D eigenvalue weighted by Gasteiger charge is -2.10. The number of imidazole rings is 1. The maximum Gasteiger partial charge on any atom is 0.315 e. The quantitative estimate of drug-likeness (QED) is 0.595. The molecule has 9 heteroatoms. The van der Waals surface area contributed by atoms with Crippen molar-refractivity contribution in [1.82, 2.24) is 24.9 Å². The number of amides is 2. The van der Waals surface area contributed by atoms with Crippen LogP contribution in [0, 0.1) is 6.92 Å². The van der Waals surface area contributed by atoms with Crippen molar-refractivity contribution < 1.29 is 13.2 Å². The number of carbonyl (C=O) groups is 1. The molecule has 1 aromatic heterocycles. The predicted octanol–water partition coefficient (Wildman–Crippen LogP) is 0.588. The normalized spacial score (nSPS) is 11.3. The highest BCUT2D eigenvalue weighted by atomic mass is 32.2. The molecule has 0 unspecified atom stereocenters. The molecule has 0 atom stereocenters. The Kier molecular flexibility index (Phi) is 6.54. The smallest absolute Gasteiger partial charge is 0.315 e. The first-order valence-electron chi connectivity index (χ1n) is 7.85. The van der Waals surface area contributed by atoms with Crippen LogP contribution in [0.4, 0.5) is 4.79 Å². The van der Waals surface area contributed by atoms with E-state index in [1.54, 1.807) is 6.20 Å². The second kappa shape index (κ2) is 8.63. The molecule has 3 N–H and O–H groups in total. The largest absolute Gasteiger partial charge is 0.337 e. The summed E-state index contributed by atoms with van der Waals surface area (Å²) in [6.07, 6.45) is 4.77. The summed E-state index contributed by atoms with van der Waals surface area (Å²) in [5, 5.41) is 5.34. The average molecular weight is 365 g/mol. The van der Waals surface area contributed by atoms with Crippen LogP contribution in [-0.2, 0) is 23.1 Å². The zero-order chi connectivity index (χ0) is 18.3. The summed E-state index contributed by atoms with van der Waals surface area (Å²) in [6, 6.07) is 7.61. The lowest BCUT2D eigenvalue weighted by atomic mass is 10.1. The third-order valence-corrected chi connectivity index (χ3v) is 4.22. The minimum atomic E-state index is -3.23. The first kappa shape index (κ1) is 18.9. The number of sulfonamides is 1. The molecular formula is C16H23N5O3S. The number of nitrogens with one attached hydrogen (secondary N) is 3. The van der Waals surface area contributed by atoms with Crippen LogP contribution in [0.15, 0.2) is 36.7 Å². The Morgan fingerprint density at radius 2 is 1.96 bits per heavy atom. The van der Waals surface area contributed by atoms with E-state index in [0.29, 0.717) is 6.54 Å². The SMILES string of the molecule is Cc1nccn1Cc1cccc(CNC(=O)NCCNS(C)(=O)=O)c1. The summed E-state index contributed by atoms with van der Waals surface area (Å²) in [4.78, 5) is 15.9. The fraction of sp³-hybridized carbons (Fsp3) is 0.375. The summed E-state index contributed by atoms with van der Waals surface area (Å²) in [5.41, 5.74) is 2.11. The maximum absolute atomic E-state index is 11.7. The van der Waals surface area contributed by atoms with Gasteiger partial charge in [-0.2, -0.15) is 0 Å². The van der Waals surface area contributed by atoms with Crippen LogP contribution in [0.25, 0.3) is 0 Å². The van der Waals surface area contributed by atoms with Crippen LogP contribution in [0.1, 0.15) is 17.0 Å². The van der Waals surface area contributed by atoms with E-state index in [9.17, 15) is 13.2 Å². The molecule has 25 heavy (non-hydrogen) atoms. The molecule has 1 aromatic carbocycles. The molecule has 0 aliphatic rings. The molecule has 0 aliphatic heterocycles. The Morgan fingerprint density at radius 3 is 2.64 bits per heavy atom. The number of rotatable bonds is 8. The van der Waals surface area contributed by atoms with Crippen molar-refractivity contribution in [2.24, 2.45) is 0 Å². The highest BCUT2D eigenvalue weighted by Gasteiger charge is 2.04. The molecule has 0 saturated heterocycles.